The van der Waals surface area contributed by atoms with Crippen molar-refractivity contribution in [2.45, 2.75) is 31.3 Å². The molecular formula is C27H27ClN2O7. The molecule has 0 aromatic heterocycles. The Labute approximate surface area is 219 Å². The number of amides is 1. The number of Topliss-reactive ketones (excluding diaryl/α,β-unsaturated/α-hetero) is 1. The first-order chi connectivity index (χ1) is 17.7. The van der Waals surface area contributed by atoms with Crippen LogP contribution in [0.3, 0.4) is 0 Å². The minimum absolute atomic E-state index is 0.0740. The highest BCUT2D eigenvalue weighted by Crippen LogP contribution is 2.53. The molecule has 0 saturated carbocycles. The second kappa shape index (κ2) is 9.30. The largest absolute Gasteiger partial charge is 0.497 e. The molecule has 0 fully saturated rings. The Balaban J connectivity index is 1.33. The van der Waals surface area contributed by atoms with Crippen LogP contribution in [0.1, 0.15) is 41.6 Å². The van der Waals surface area contributed by atoms with Gasteiger partial charge in [0, 0.05) is 36.0 Å². The predicted octanol–water partition coefficient (Wildman–Crippen LogP) is 3.89. The molecule has 2 aromatic rings. The van der Waals surface area contributed by atoms with Crippen LogP contribution in [0.4, 0.5) is 5.69 Å². The monoisotopic (exact) mass is 526 g/mol. The number of ether oxygens (including phenoxy) is 4. The predicted molar refractivity (Wildman–Crippen MR) is 136 cm³/mol. The van der Waals surface area contributed by atoms with Gasteiger partial charge in [-0.25, -0.2) is 0 Å². The molecule has 1 amide bonds. The van der Waals surface area contributed by atoms with E-state index in [0.717, 1.165) is 11.3 Å². The molecule has 9 nitrogen and oxygen atoms in total. The number of carbonyl (C=O) groups excluding carboxylic acids is 3. The van der Waals surface area contributed by atoms with Gasteiger partial charge in [-0.15, -0.1) is 0 Å². The Hall–Kier alpha value is -3.72. The Morgan fingerprint density at radius 3 is 2.54 bits per heavy atom. The van der Waals surface area contributed by atoms with E-state index in [2.05, 4.69) is 10.6 Å². The summed E-state index contributed by atoms with van der Waals surface area (Å²) in [5.41, 5.74) is 0.754. The number of hydrogen-bond donors (Lipinski definition) is 2. The lowest BCUT2D eigenvalue weighted by molar-refractivity contribution is -0.129. The molecule has 194 valence electrons. The Bertz CT molecular complexity index is 1350. The van der Waals surface area contributed by atoms with Crippen molar-refractivity contribution in [3.8, 4) is 23.0 Å². The molecule has 0 unspecified atom stereocenters. The second-order valence-corrected chi connectivity index (χ2v) is 9.69. The van der Waals surface area contributed by atoms with E-state index in [1.54, 1.807) is 20.1 Å². The van der Waals surface area contributed by atoms with E-state index in [1.165, 1.54) is 26.4 Å². The van der Waals surface area contributed by atoms with Crippen molar-refractivity contribution in [3.05, 3.63) is 52.2 Å². The fourth-order valence-corrected chi connectivity index (χ4v) is 5.61. The molecule has 5 rings (SSSR count). The highest BCUT2D eigenvalue weighted by atomic mass is 35.5. The van der Waals surface area contributed by atoms with Crippen LogP contribution in [0.5, 0.6) is 23.0 Å². The number of carbonyl (C=O) groups is 3. The van der Waals surface area contributed by atoms with E-state index in [1.807, 2.05) is 12.1 Å². The van der Waals surface area contributed by atoms with Gasteiger partial charge in [-0.2, -0.15) is 0 Å². The maximum Gasteiger partial charge on any atom is 0.236 e. The van der Waals surface area contributed by atoms with Crippen LogP contribution in [0.2, 0.25) is 5.02 Å². The van der Waals surface area contributed by atoms with E-state index < -0.39 is 23.1 Å². The number of ketones is 2. The Kier molecular flexibility index (Phi) is 6.27. The topological polar surface area (TPSA) is 112 Å². The van der Waals surface area contributed by atoms with Crippen LogP contribution in [-0.2, 0) is 9.59 Å². The van der Waals surface area contributed by atoms with Crippen LogP contribution < -0.4 is 29.6 Å². The van der Waals surface area contributed by atoms with E-state index in [4.69, 9.17) is 30.5 Å². The molecule has 1 aliphatic carbocycles. The lowest BCUT2D eigenvalue weighted by Crippen LogP contribution is -2.55. The SMILES string of the molecule is COc1ccc2c(c1)[C@@H](CCNC1=CC(=O)[C@@]3(Oc4c(Cl)c(OC)cc(OC)c4C3=O)[C@H](C)C1)C(=O)N2. The number of halogens is 1. The molecule has 0 bridgehead atoms. The summed E-state index contributed by atoms with van der Waals surface area (Å²) >= 11 is 6.44. The first-order valence-electron chi connectivity index (χ1n) is 11.9. The summed E-state index contributed by atoms with van der Waals surface area (Å²) in [5.74, 6) is -0.553. The number of hydrogen-bond acceptors (Lipinski definition) is 8. The van der Waals surface area contributed by atoms with Crippen molar-refractivity contribution < 1.29 is 33.3 Å². The van der Waals surface area contributed by atoms with Gasteiger partial charge in [-0.1, -0.05) is 18.5 Å². The highest BCUT2D eigenvalue weighted by Gasteiger charge is 2.60. The summed E-state index contributed by atoms with van der Waals surface area (Å²) in [6, 6.07) is 7.01. The molecule has 37 heavy (non-hydrogen) atoms. The lowest BCUT2D eigenvalue weighted by Gasteiger charge is -2.35. The van der Waals surface area contributed by atoms with Gasteiger partial charge in [0.25, 0.3) is 0 Å². The van der Waals surface area contributed by atoms with E-state index in [-0.39, 0.29) is 39.7 Å². The second-order valence-electron chi connectivity index (χ2n) is 9.32. The molecule has 2 aromatic carbocycles. The molecule has 2 aliphatic heterocycles. The average molecular weight is 527 g/mol. The van der Waals surface area contributed by atoms with Crippen molar-refractivity contribution in [1.29, 1.82) is 0 Å². The number of allylic oxidation sites excluding steroid dienone is 1. The van der Waals surface area contributed by atoms with Gasteiger partial charge >= 0.3 is 0 Å². The number of anilines is 1. The van der Waals surface area contributed by atoms with E-state index in [9.17, 15) is 14.4 Å². The fraction of sp³-hybridized carbons (Fsp3) is 0.370. The van der Waals surface area contributed by atoms with Crippen LogP contribution in [0.15, 0.2) is 36.0 Å². The van der Waals surface area contributed by atoms with Gasteiger partial charge in [0.05, 0.1) is 27.2 Å². The molecule has 0 saturated heterocycles. The first-order valence-corrected chi connectivity index (χ1v) is 12.3. The summed E-state index contributed by atoms with van der Waals surface area (Å²) in [6.07, 6.45) is 2.32. The fourth-order valence-electron chi connectivity index (χ4n) is 5.35. The highest BCUT2D eigenvalue weighted by molar-refractivity contribution is 6.36. The third-order valence-electron chi connectivity index (χ3n) is 7.30. The summed E-state index contributed by atoms with van der Waals surface area (Å²) in [7, 11) is 4.45. The van der Waals surface area contributed by atoms with E-state index >= 15 is 0 Å². The van der Waals surface area contributed by atoms with Crippen molar-refractivity contribution in [3.63, 3.8) is 0 Å². The van der Waals surface area contributed by atoms with Crippen LogP contribution in [-0.4, -0.2) is 50.9 Å². The van der Waals surface area contributed by atoms with Gasteiger partial charge in [0.15, 0.2) is 5.75 Å². The Morgan fingerprint density at radius 1 is 1.11 bits per heavy atom. The molecule has 2 heterocycles. The van der Waals surface area contributed by atoms with Crippen molar-refractivity contribution >= 4 is 34.8 Å². The van der Waals surface area contributed by atoms with Crippen LogP contribution in [0, 0.1) is 5.92 Å². The number of rotatable bonds is 7. The first kappa shape index (κ1) is 25.0. The lowest BCUT2D eigenvalue weighted by atomic mass is 9.74. The van der Waals surface area contributed by atoms with Crippen LogP contribution in [0.25, 0.3) is 0 Å². The minimum atomic E-state index is -1.72. The molecule has 3 aliphatic rings. The molecule has 3 atom stereocenters. The summed E-state index contributed by atoms with van der Waals surface area (Å²) in [5, 5.41) is 6.28. The van der Waals surface area contributed by atoms with Crippen molar-refractivity contribution in [1.82, 2.24) is 5.32 Å². The molecule has 2 N–H and O–H groups in total. The van der Waals surface area contributed by atoms with Gasteiger partial charge in [-0.3, -0.25) is 14.4 Å². The summed E-state index contributed by atoms with van der Waals surface area (Å²) in [6.45, 7) is 2.25. The maximum atomic E-state index is 13.6. The Morgan fingerprint density at radius 2 is 1.86 bits per heavy atom. The summed E-state index contributed by atoms with van der Waals surface area (Å²) in [4.78, 5) is 39.6. The van der Waals surface area contributed by atoms with Gasteiger partial charge in [-0.05, 0) is 36.6 Å². The third-order valence-corrected chi connectivity index (χ3v) is 7.66. The quantitative estimate of drug-likeness (QED) is 0.523. The zero-order valence-electron chi connectivity index (χ0n) is 20.9. The molecule has 0 radical (unpaired) electrons. The van der Waals surface area contributed by atoms with Gasteiger partial charge < -0.3 is 29.6 Å². The normalized spacial score (nSPS) is 23.7. The molecule has 10 heteroatoms. The van der Waals surface area contributed by atoms with Gasteiger partial charge in [0.2, 0.25) is 23.1 Å². The number of benzene rings is 2. The van der Waals surface area contributed by atoms with Crippen molar-refractivity contribution in [2.24, 2.45) is 5.92 Å². The van der Waals surface area contributed by atoms with Gasteiger partial charge in [0.1, 0.15) is 27.8 Å². The molecular weight excluding hydrogens is 500 g/mol. The average Bonchev–Trinajstić information content (AvgIpc) is 3.37. The molecule has 1 spiro atoms. The summed E-state index contributed by atoms with van der Waals surface area (Å²) < 4.78 is 22.0. The van der Waals surface area contributed by atoms with E-state index in [0.29, 0.717) is 30.8 Å². The number of fused-ring (bicyclic) bond motifs is 2. The standard InChI is InChI=1S/C27H27ClN2O7/c1-13-9-14(29-8-7-16-17-11-15(34-2)5-6-18(17)30-26(16)33)10-21(31)27(13)25(32)22-19(35-3)12-20(36-4)23(28)24(22)37-27/h5-6,10-13,16,29H,7-9H2,1-4H3,(H,30,33)/t13-,16-,27+/m1/s1. The zero-order valence-corrected chi connectivity index (χ0v) is 21.7. The van der Waals surface area contributed by atoms with Crippen LogP contribution >= 0.6 is 11.6 Å². The van der Waals surface area contributed by atoms with Crippen molar-refractivity contribution in [2.75, 3.05) is 33.2 Å². The maximum absolute atomic E-state index is 13.6. The smallest absolute Gasteiger partial charge is 0.236 e. The zero-order chi connectivity index (χ0) is 26.5. The number of nitrogens with one attached hydrogen (secondary N) is 2. The number of methoxy groups -OCH3 is 3. The third kappa shape index (κ3) is 3.80. The minimum Gasteiger partial charge on any atom is -0.497 e.